The molecule has 2 heterocycles. The first kappa shape index (κ1) is 16.4. The Morgan fingerprint density at radius 2 is 1.88 bits per heavy atom. The first-order valence-corrected chi connectivity index (χ1v) is 8.58. The third kappa shape index (κ3) is 3.38. The molecule has 1 aromatic carbocycles. The van der Waals surface area contributed by atoms with E-state index in [4.69, 9.17) is 0 Å². The van der Waals surface area contributed by atoms with Crippen LogP contribution in [-0.4, -0.2) is 31.3 Å². The first-order valence-electron chi connectivity index (χ1n) is 7.59. The van der Waals surface area contributed by atoms with Crippen molar-refractivity contribution in [1.82, 2.24) is 19.7 Å². The highest BCUT2D eigenvalue weighted by Crippen LogP contribution is 2.23. The van der Waals surface area contributed by atoms with Gasteiger partial charge in [0, 0.05) is 30.6 Å². The maximum Gasteiger partial charge on any atom is 0.191 e. The fourth-order valence-electron chi connectivity index (χ4n) is 2.44. The molecule has 2 aromatic heterocycles. The number of nitrogens with zero attached hydrogens (tertiary/aromatic N) is 4. The van der Waals surface area contributed by atoms with Crippen LogP contribution >= 0.6 is 11.8 Å². The Balaban J connectivity index is 1.75. The maximum absolute atomic E-state index is 12.5. The summed E-state index contributed by atoms with van der Waals surface area (Å²) >= 11 is 1.40. The summed E-state index contributed by atoms with van der Waals surface area (Å²) in [5.74, 6) is 1.21. The third-order valence-electron chi connectivity index (χ3n) is 3.80. The SMILES string of the molecule is Cc1ccc(C)c(C(=O)CSc2nnc(-c3ccncc3)n2C)c1. The van der Waals surface area contributed by atoms with Crippen LogP contribution in [0.25, 0.3) is 11.4 Å². The molecule has 0 saturated carbocycles. The Kier molecular flexibility index (Phi) is 4.76. The smallest absolute Gasteiger partial charge is 0.191 e. The molecule has 0 saturated heterocycles. The number of carbonyl (C=O) groups excluding carboxylic acids is 1. The molecule has 0 fully saturated rings. The number of ketones is 1. The molecule has 0 bridgehead atoms. The number of aryl methyl sites for hydroxylation is 2. The van der Waals surface area contributed by atoms with Crippen molar-refractivity contribution >= 4 is 17.5 Å². The summed E-state index contributed by atoms with van der Waals surface area (Å²) in [5, 5.41) is 9.15. The summed E-state index contributed by atoms with van der Waals surface area (Å²) < 4.78 is 1.90. The number of aromatic nitrogens is 4. The monoisotopic (exact) mass is 338 g/mol. The highest BCUT2D eigenvalue weighted by Gasteiger charge is 2.15. The second kappa shape index (κ2) is 6.97. The van der Waals surface area contributed by atoms with Crippen molar-refractivity contribution in [3.05, 3.63) is 59.4 Å². The van der Waals surface area contributed by atoms with Crippen LogP contribution in [0.2, 0.25) is 0 Å². The van der Waals surface area contributed by atoms with E-state index in [-0.39, 0.29) is 5.78 Å². The first-order chi connectivity index (χ1) is 11.6. The standard InChI is InChI=1S/C18H18N4OS/c1-12-4-5-13(2)15(10-12)16(23)11-24-18-21-20-17(22(18)3)14-6-8-19-9-7-14/h4-10H,11H2,1-3H3. The second-order valence-corrected chi connectivity index (χ2v) is 6.57. The molecule has 0 N–H and O–H groups in total. The van der Waals surface area contributed by atoms with E-state index in [0.717, 1.165) is 33.2 Å². The zero-order valence-corrected chi connectivity index (χ0v) is 14.7. The number of benzene rings is 1. The molecular weight excluding hydrogens is 320 g/mol. The third-order valence-corrected chi connectivity index (χ3v) is 4.82. The van der Waals surface area contributed by atoms with Crippen LogP contribution in [0, 0.1) is 13.8 Å². The van der Waals surface area contributed by atoms with E-state index < -0.39 is 0 Å². The summed E-state index contributed by atoms with van der Waals surface area (Å²) in [7, 11) is 1.90. The van der Waals surface area contributed by atoms with Gasteiger partial charge in [-0.05, 0) is 37.6 Å². The minimum atomic E-state index is 0.106. The molecule has 122 valence electrons. The molecular formula is C18H18N4OS. The summed E-state index contributed by atoms with van der Waals surface area (Å²) in [4.78, 5) is 16.5. The minimum absolute atomic E-state index is 0.106. The van der Waals surface area contributed by atoms with Gasteiger partial charge < -0.3 is 4.57 Å². The van der Waals surface area contributed by atoms with Crippen molar-refractivity contribution in [3.63, 3.8) is 0 Å². The number of rotatable bonds is 5. The number of hydrogen-bond acceptors (Lipinski definition) is 5. The average molecular weight is 338 g/mol. The van der Waals surface area contributed by atoms with Crippen LogP contribution < -0.4 is 0 Å². The highest BCUT2D eigenvalue weighted by atomic mass is 32.2. The van der Waals surface area contributed by atoms with Crippen molar-refractivity contribution in [2.45, 2.75) is 19.0 Å². The van der Waals surface area contributed by atoms with Gasteiger partial charge in [0.25, 0.3) is 0 Å². The quantitative estimate of drug-likeness (QED) is 0.526. The molecule has 0 atom stereocenters. The lowest BCUT2D eigenvalue weighted by Gasteiger charge is -2.06. The summed E-state index contributed by atoms with van der Waals surface area (Å²) in [6.07, 6.45) is 3.45. The molecule has 3 rings (SSSR count). The Morgan fingerprint density at radius 1 is 1.12 bits per heavy atom. The summed E-state index contributed by atoms with van der Waals surface area (Å²) in [5.41, 5.74) is 3.82. The van der Waals surface area contributed by atoms with Crippen molar-refractivity contribution < 1.29 is 4.79 Å². The van der Waals surface area contributed by atoms with Crippen LogP contribution in [-0.2, 0) is 7.05 Å². The Labute approximate surface area is 145 Å². The summed E-state index contributed by atoms with van der Waals surface area (Å²) in [6.45, 7) is 3.95. The molecule has 0 radical (unpaired) electrons. The van der Waals surface area contributed by atoms with Crippen molar-refractivity contribution in [2.75, 3.05) is 5.75 Å². The van der Waals surface area contributed by atoms with E-state index in [9.17, 15) is 4.79 Å². The average Bonchev–Trinajstić information content (AvgIpc) is 2.96. The van der Waals surface area contributed by atoms with Gasteiger partial charge in [-0.25, -0.2) is 0 Å². The minimum Gasteiger partial charge on any atom is -0.305 e. The van der Waals surface area contributed by atoms with Crippen molar-refractivity contribution in [1.29, 1.82) is 0 Å². The molecule has 0 aliphatic heterocycles. The number of pyridine rings is 1. The molecule has 0 aliphatic rings. The predicted molar refractivity (Wildman–Crippen MR) is 95.2 cm³/mol. The van der Waals surface area contributed by atoms with Crippen LogP contribution in [0.5, 0.6) is 0 Å². The normalized spacial score (nSPS) is 10.8. The van der Waals surface area contributed by atoms with E-state index in [1.165, 1.54) is 11.8 Å². The van der Waals surface area contributed by atoms with Gasteiger partial charge in [0.05, 0.1) is 5.75 Å². The molecule has 6 heteroatoms. The van der Waals surface area contributed by atoms with Crippen molar-refractivity contribution in [2.24, 2.45) is 7.05 Å². The Morgan fingerprint density at radius 3 is 2.62 bits per heavy atom. The Hall–Kier alpha value is -2.47. The second-order valence-electron chi connectivity index (χ2n) is 5.63. The van der Waals surface area contributed by atoms with E-state index in [1.807, 2.05) is 55.8 Å². The fraction of sp³-hybridized carbons (Fsp3) is 0.222. The topological polar surface area (TPSA) is 60.7 Å². The van der Waals surface area contributed by atoms with Crippen molar-refractivity contribution in [3.8, 4) is 11.4 Å². The molecule has 0 amide bonds. The lowest BCUT2D eigenvalue weighted by molar-refractivity contribution is 0.102. The van der Waals surface area contributed by atoms with Crippen LogP contribution in [0.3, 0.4) is 0 Å². The Bertz CT molecular complexity index is 874. The molecule has 5 nitrogen and oxygen atoms in total. The number of carbonyl (C=O) groups is 1. The van der Waals surface area contributed by atoms with Gasteiger partial charge >= 0.3 is 0 Å². The van der Waals surface area contributed by atoms with E-state index in [2.05, 4.69) is 15.2 Å². The van der Waals surface area contributed by atoms with Gasteiger partial charge in [-0.15, -0.1) is 10.2 Å². The lowest BCUT2D eigenvalue weighted by atomic mass is 10.0. The van der Waals surface area contributed by atoms with Crippen LogP contribution in [0.4, 0.5) is 0 Å². The van der Waals surface area contributed by atoms with Gasteiger partial charge in [0.1, 0.15) is 0 Å². The number of thioether (sulfide) groups is 1. The molecule has 0 aliphatic carbocycles. The summed E-state index contributed by atoms with van der Waals surface area (Å²) in [6, 6.07) is 9.72. The van der Waals surface area contributed by atoms with Gasteiger partial charge in [0.2, 0.25) is 0 Å². The van der Waals surface area contributed by atoms with E-state index in [0.29, 0.717) is 5.75 Å². The molecule has 3 aromatic rings. The number of hydrogen-bond donors (Lipinski definition) is 0. The molecule has 0 spiro atoms. The largest absolute Gasteiger partial charge is 0.305 e. The van der Waals surface area contributed by atoms with E-state index in [1.54, 1.807) is 12.4 Å². The molecule has 0 unspecified atom stereocenters. The van der Waals surface area contributed by atoms with Crippen LogP contribution in [0.15, 0.2) is 47.9 Å². The fourth-order valence-corrected chi connectivity index (χ4v) is 3.23. The zero-order valence-electron chi connectivity index (χ0n) is 13.9. The van der Waals surface area contributed by atoms with E-state index >= 15 is 0 Å². The predicted octanol–water partition coefficient (Wildman–Crippen LogP) is 3.47. The van der Waals surface area contributed by atoms with Gasteiger partial charge in [-0.2, -0.15) is 0 Å². The molecule has 24 heavy (non-hydrogen) atoms. The van der Waals surface area contributed by atoms with Gasteiger partial charge in [-0.3, -0.25) is 9.78 Å². The zero-order chi connectivity index (χ0) is 17.1. The van der Waals surface area contributed by atoms with Crippen LogP contribution in [0.1, 0.15) is 21.5 Å². The van der Waals surface area contributed by atoms with Gasteiger partial charge in [0.15, 0.2) is 16.8 Å². The number of Topliss-reactive ketones (excluding diaryl/α,β-unsaturated/α-hetero) is 1. The van der Waals surface area contributed by atoms with Gasteiger partial charge in [-0.1, -0.05) is 29.5 Å². The maximum atomic E-state index is 12.5. The lowest BCUT2D eigenvalue weighted by Crippen LogP contribution is -2.06. The highest BCUT2D eigenvalue weighted by molar-refractivity contribution is 7.99.